The molecule has 0 bridgehead atoms. The molecule has 0 unspecified atom stereocenters. The van der Waals surface area contributed by atoms with Crippen molar-refractivity contribution >= 4 is 16.0 Å². The number of hydrogen-bond acceptors (Lipinski definition) is 4. The number of carbonyl (C=O) groups is 1. The average Bonchev–Trinajstić information content (AvgIpc) is 2.15. The van der Waals surface area contributed by atoms with E-state index in [0.29, 0.717) is 0 Å². The van der Waals surface area contributed by atoms with Crippen molar-refractivity contribution in [1.29, 1.82) is 0 Å². The molecule has 1 aromatic rings. The van der Waals surface area contributed by atoms with Crippen LogP contribution in [-0.4, -0.2) is 21.5 Å². The normalized spacial score (nSPS) is 11.1. The zero-order chi connectivity index (χ0) is 11.6. The fraction of sp³-hybridized carbons (Fsp3) is 0.125. The van der Waals surface area contributed by atoms with Crippen molar-refractivity contribution in [1.82, 2.24) is 0 Å². The van der Waals surface area contributed by atoms with E-state index >= 15 is 0 Å². The van der Waals surface area contributed by atoms with Crippen LogP contribution >= 0.6 is 0 Å². The summed E-state index contributed by atoms with van der Waals surface area (Å²) in [5.41, 5.74) is -0.0806. The number of ether oxygens (including phenoxy) is 1. The number of nitrogens with two attached hydrogens (primary N) is 1. The van der Waals surface area contributed by atoms with Gasteiger partial charge in [-0.15, -0.1) is 0 Å². The lowest BCUT2D eigenvalue weighted by Crippen LogP contribution is -2.15. The molecule has 0 atom stereocenters. The summed E-state index contributed by atoms with van der Waals surface area (Å²) in [6, 6.07) is 2.78. The molecule has 0 saturated heterocycles. The van der Waals surface area contributed by atoms with E-state index in [0.717, 1.165) is 25.3 Å². The summed E-state index contributed by atoms with van der Waals surface area (Å²) in [5.74, 6) is -1.77. The highest BCUT2D eigenvalue weighted by Crippen LogP contribution is 2.15. The van der Waals surface area contributed by atoms with E-state index < -0.39 is 26.7 Å². The van der Waals surface area contributed by atoms with Crippen molar-refractivity contribution < 1.29 is 22.3 Å². The molecule has 1 aromatic carbocycles. The van der Waals surface area contributed by atoms with Gasteiger partial charge in [-0.2, -0.15) is 0 Å². The highest BCUT2D eigenvalue weighted by Gasteiger charge is 2.17. The Morgan fingerprint density at radius 1 is 1.47 bits per heavy atom. The molecule has 0 aliphatic rings. The summed E-state index contributed by atoms with van der Waals surface area (Å²) in [6.45, 7) is 0. The SMILES string of the molecule is COC(=O)c1ccc(F)c(S(N)(=O)=O)c1. The van der Waals surface area contributed by atoms with Crippen LogP contribution in [0.5, 0.6) is 0 Å². The second-order valence-electron chi connectivity index (χ2n) is 2.68. The van der Waals surface area contributed by atoms with Gasteiger partial charge in [0.1, 0.15) is 10.7 Å². The Balaban J connectivity index is 3.36. The molecule has 0 heterocycles. The summed E-state index contributed by atoms with van der Waals surface area (Å²) in [7, 11) is -3.05. The third-order valence-electron chi connectivity index (χ3n) is 1.66. The number of sulfonamides is 1. The van der Waals surface area contributed by atoms with Crippen LogP contribution in [0.3, 0.4) is 0 Å². The fourth-order valence-electron chi connectivity index (χ4n) is 0.966. The number of rotatable bonds is 2. The minimum absolute atomic E-state index is 0.0806. The van der Waals surface area contributed by atoms with E-state index in [1.165, 1.54) is 0 Å². The van der Waals surface area contributed by atoms with Gasteiger partial charge in [0.2, 0.25) is 10.0 Å². The predicted octanol–water partition coefficient (Wildman–Crippen LogP) is 0.260. The third kappa shape index (κ3) is 2.51. The maximum Gasteiger partial charge on any atom is 0.337 e. The van der Waals surface area contributed by atoms with Gasteiger partial charge < -0.3 is 4.74 Å². The van der Waals surface area contributed by atoms with Crippen LogP contribution in [0.2, 0.25) is 0 Å². The van der Waals surface area contributed by atoms with Gasteiger partial charge in [-0.05, 0) is 18.2 Å². The number of hydrogen-bond donors (Lipinski definition) is 1. The molecule has 7 heteroatoms. The fourth-order valence-corrected chi connectivity index (χ4v) is 1.60. The number of methoxy groups -OCH3 is 1. The quantitative estimate of drug-likeness (QED) is 0.742. The highest BCUT2D eigenvalue weighted by atomic mass is 32.2. The summed E-state index contributed by atoms with van der Waals surface area (Å²) in [6.07, 6.45) is 0. The molecular weight excluding hydrogens is 225 g/mol. The average molecular weight is 233 g/mol. The topological polar surface area (TPSA) is 86.5 Å². The van der Waals surface area contributed by atoms with Gasteiger partial charge in [-0.1, -0.05) is 0 Å². The van der Waals surface area contributed by atoms with Gasteiger partial charge in [-0.25, -0.2) is 22.7 Å². The Morgan fingerprint density at radius 3 is 2.53 bits per heavy atom. The van der Waals surface area contributed by atoms with Gasteiger partial charge in [0, 0.05) is 0 Å². The van der Waals surface area contributed by atoms with Crippen LogP contribution in [0.4, 0.5) is 4.39 Å². The summed E-state index contributed by atoms with van der Waals surface area (Å²) in [5, 5.41) is 4.75. The Labute approximate surface area is 85.7 Å². The Morgan fingerprint density at radius 2 is 2.07 bits per heavy atom. The summed E-state index contributed by atoms with van der Waals surface area (Å²) < 4.78 is 39.2. The van der Waals surface area contributed by atoms with E-state index in [1.54, 1.807) is 0 Å². The van der Waals surface area contributed by atoms with Crippen LogP contribution < -0.4 is 5.14 Å². The zero-order valence-corrected chi connectivity index (χ0v) is 8.55. The maximum absolute atomic E-state index is 13.0. The molecular formula is C8H8FNO4S. The molecule has 0 amide bonds. The Bertz CT molecular complexity index is 497. The third-order valence-corrected chi connectivity index (χ3v) is 2.58. The van der Waals surface area contributed by atoms with Gasteiger partial charge >= 0.3 is 5.97 Å². The largest absolute Gasteiger partial charge is 0.465 e. The van der Waals surface area contributed by atoms with E-state index in [9.17, 15) is 17.6 Å². The van der Waals surface area contributed by atoms with Crippen LogP contribution in [0, 0.1) is 5.82 Å². The minimum atomic E-state index is -4.18. The molecule has 0 aliphatic carbocycles. The summed E-state index contributed by atoms with van der Waals surface area (Å²) >= 11 is 0. The smallest absolute Gasteiger partial charge is 0.337 e. The first-order valence-electron chi connectivity index (χ1n) is 3.77. The van der Waals surface area contributed by atoms with E-state index in [2.05, 4.69) is 4.74 Å². The molecule has 0 fully saturated rings. The lowest BCUT2D eigenvalue weighted by molar-refractivity contribution is 0.0600. The van der Waals surface area contributed by atoms with Crippen molar-refractivity contribution in [3.05, 3.63) is 29.6 Å². The second-order valence-corrected chi connectivity index (χ2v) is 4.21. The first-order valence-corrected chi connectivity index (χ1v) is 5.31. The van der Waals surface area contributed by atoms with Crippen molar-refractivity contribution in [2.75, 3.05) is 7.11 Å². The van der Waals surface area contributed by atoms with Crippen molar-refractivity contribution in [3.8, 4) is 0 Å². The number of primary sulfonamides is 1. The van der Waals surface area contributed by atoms with Crippen LogP contribution in [0.1, 0.15) is 10.4 Å². The lowest BCUT2D eigenvalue weighted by atomic mass is 10.2. The highest BCUT2D eigenvalue weighted by molar-refractivity contribution is 7.89. The number of carbonyl (C=O) groups excluding carboxylic acids is 1. The molecule has 0 saturated carbocycles. The molecule has 82 valence electrons. The van der Waals surface area contributed by atoms with Gasteiger partial charge in [-0.3, -0.25) is 0 Å². The lowest BCUT2D eigenvalue weighted by Gasteiger charge is -2.03. The first kappa shape index (κ1) is 11.6. The number of benzene rings is 1. The Kier molecular flexibility index (Phi) is 3.06. The minimum Gasteiger partial charge on any atom is -0.465 e. The van der Waals surface area contributed by atoms with Crippen molar-refractivity contribution in [2.24, 2.45) is 5.14 Å². The van der Waals surface area contributed by atoms with Crippen molar-refractivity contribution in [2.45, 2.75) is 4.90 Å². The van der Waals surface area contributed by atoms with Crippen LogP contribution in [0.25, 0.3) is 0 Å². The van der Waals surface area contributed by atoms with E-state index in [1.807, 2.05) is 0 Å². The molecule has 0 spiro atoms. The van der Waals surface area contributed by atoms with Crippen molar-refractivity contribution in [3.63, 3.8) is 0 Å². The van der Waals surface area contributed by atoms with Gasteiger partial charge in [0.05, 0.1) is 12.7 Å². The molecule has 5 nitrogen and oxygen atoms in total. The molecule has 0 aromatic heterocycles. The number of halogens is 1. The first-order chi connectivity index (χ1) is 6.86. The van der Waals surface area contributed by atoms with Crippen LogP contribution in [0.15, 0.2) is 23.1 Å². The maximum atomic E-state index is 13.0. The Hall–Kier alpha value is -1.47. The van der Waals surface area contributed by atoms with Crippen LogP contribution in [-0.2, 0) is 14.8 Å². The molecule has 0 aliphatic heterocycles. The molecule has 15 heavy (non-hydrogen) atoms. The number of esters is 1. The van der Waals surface area contributed by atoms with Gasteiger partial charge in [0.25, 0.3) is 0 Å². The monoisotopic (exact) mass is 233 g/mol. The summed E-state index contributed by atoms with van der Waals surface area (Å²) in [4.78, 5) is 10.3. The molecule has 0 radical (unpaired) electrons. The molecule has 2 N–H and O–H groups in total. The second kappa shape index (κ2) is 3.95. The standard InChI is InChI=1S/C8H8FNO4S/c1-14-8(11)5-2-3-6(9)7(4-5)15(10,12)13/h2-4H,1H3,(H2,10,12,13). The van der Waals surface area contributed by atoms with E-state index in [4.69, 9.17) is 5.14 Å². The van der Waals surface area contributed by atoms with E-state index in [-0.39, 0.29) is 5.56 Å². The molecule has 1 rings (SSSR count). The zero-order valence-electron chi connectivity index (χ0n) is 7.73. The predicted molar refractivity (Wildman–Crippen MR) is 49.1 cm³/mol. The van der Waals surface area contributed by atoms with Gasteiger partial charge in [0.15, 0.2) is 0 Å².